The Morgan fingerprint density at radius 1 is 1.71 bits per heavy atom. The maximum atomic E-state index is 9.40. The number of rotatable bonds is 2. The van der Waals surface area contributed by atoms with Gasteiger partial charge in [0.05, 0.1) is 0 Å². The van der Waals surface area contributed by atoms with Gasteiger partial charge < -0.3 is 0 Å². The standard InChI is InChI=1S/CH2Cl2N2O2/c2-4(3)1-5(6)7/h1H2. The van der Waals surface area contributed by atoms with Crippen molar-refractivity contribution in [3.63, 3.8) is 0 Å². The molecule has 42 valence electrons. The van der Waals surface area contributed by atoms with E-state index in [2.05, 4.69) is 0 Å². The zero-order chi connectivity index (χ0) is 5.86. The molecule has 0 unspecified atom stereocenters. The summed E-state index contributed by atoms with van der Waals surface area (Å²) in [6, 6.07) is 0. The molecule has 0 atom stereocenters. The molecule has 4 nitrogen and oxygen atoms in total. The van der Waals surface area contributed by atoms with Crippen LogP contribution in [0, 0.1) is 10.1 Å². The van der Waals surface area contributed by atoms with Crippen molar-refractivity contribution in [1.29, 1.82) is 0 Å². The highest BCUT2D eigenvalue weighted by atomic mass is 35.5. The van der Waals surface area contributed by atoms with Gasteiger partial charge in [-0.05, 0) is 0 Å². The van der Waals surface area contributed by atoms with E-state index < -0.39 is 11.6 Å². The van der Waals surface area contributed by atoms with Gasteiger partial charge >= 0.3 is 0 Å². The van der Waals surface area contributed by atoms with Crippen molar-refractivity contribution < 1.29 is 4.92 Å². The third-order valence-electron chi connectivity index (χ3n) is 0.222. The fraction of sp³-hybridized carbons (Fsp3) is 1.00. The third kappa shape index (κ3) is 5.94. The Kier molecular flexibility index (Phi) is 2.98. The van der Waals surface area contributed by atoms with E-state index in [0.717, 1.165) is 0 Å². The van der Waals surface area contributed by atoms with Crippen LogP contribution in [-0.2, 0) is 0 Å². The van der Waals surface area contributed by atoms with Crippen LogP contribution in [-0.4, -0.2) is 15.5 Å². The Labute approximate surface area is 50.0 Å². The molecule has 6 heteroatoms. The molecule has 0 saturated carbocycles. The van der Waals surface area contributed by atoms with Gasteiger partial charge in [0.25, 0.3) is 6.67 Å². The minimum absolute atomic E-state index is 0.444. The largest absolute Gasteiger partial charge is 0.285 e. The molecule has 0 radical (unpaired) electrons. The van der Waals surface area contributed by atoms with Crippen LogP contribution < -0.4 is 0 Å². The summed E-state index contributed by atoms with van der Waals surface area (Å²) < 4.78 is 0.444. The maximum Gasteiger partial charge on any atom is 0.285 e. The van der Waals surface area contributed by atoms with E-state index in [1.54, 1.807) is 0 Å². The quantitative estimate of drug-likeness (QED) is 0.250. The molecule has 7 heavy (non-hydrogen) atoms. The van der Waals surface area contributed by atoms with E-state index in [4.69, 9.17) is 23.6 Å². The Morgan fingerprint density at radius 2 is 2.14 bits per heavy atom. The van der Waals surface area contributed by atoms with Gasteiger partial charge in [0, 0.05) is 28.5 Å². The van der Waals surface area contributed by atoms with Crippen molar-refractivity contribution in [2.24, 2.45) is 0 Å². The molecule has 0 aliphatic heterocycles. The van der Waals surface area contributed by atoms with Gasteiger partial charge in [-0.15, -0.1) is 0 Å². The Bertz CT molecular complexity index is 74.1. The van der Waals surface area contributed by atoms with Crippen LogP contribution in [0.4, 0.5) is 0 Å². The second kappa shape index (κ2) is 3.01. The maximum absolute atomic E-state index is 9.40. The summed E-state index contributed by atoms with van der Waals surface area (Å²) in [6.45, 7) is -0.552. The van der Waals surface area contributed by atoms with E-state index in [0.29, 0.717) is 3.94 Å². The van der Waals surface area contributed by atoms with Crippen LogP contribution in [0.1, 0.15) is 0 Å². The van der Waals surface area contributed by atoms with E-state index in [1.807, 2.05) is 0 Å². The Hall–Kier alpha value is -0.0600. The SMILES string of the molecule is O=[N+]([O-])CN(Cl)Cl. The normalized spacial score (nSPS) is 9.57. The molecule has 0 heterocycles. The van der Waals surface area contributed by atoms with Gasteiger partial charge in [-0.2, -0.15) is 0 Å². The average Bonchev–Trinajstić information content (AvgIpc) is 1.27. The van der Waals surface area contributed by atoms with Crippen LogP contribution in [0.2, 0.25) is 0 Å². The Balaban J connectivity index is 3.13. The van der Waals surface area contributed by atoms with E-state index in [9.17, 15) is 10.1 Å². The zero-order valence-electron chi connectivity index (χ0n) is 3.17. The molecule has 0 spiro atoms. The fourth-order valence-electron chi connectivity index (χ4n) is 0.0873. The summed E-state index contributed by atoms with van der Waals surface area (Å²) in [6.07, 6.45) is 0. The summed E-state index contributed by atoms with van der Waals surface area (Å²) >= 11 is 9.66. The summed E-state index contributed by atoms with van der Waals surface area (Å²) in [5.74, 6) is 0. The van der Waals surface area contributed by atoms with Gasteiger partial charge in [-0.3, -0.25) is 10.1 Å². The number of nitro groups is 1. The topological polar surface area (TPSA) is 46.4 Å². The van der Waals surface area contributed by atoms with Crippen molar-refractivity contribution in [3.05, 3.63) is 10.1 Å². The van der Waals surface area contributed by atoms with Crippen molar-refractivity contribution >= 4 is 23.6 Å². The van der Waals surface area contributed by atoms with Gasteiger partial charge in [-0.25, -0.2) is 0 Å². The molecule has 0 aromatic heterocycles. The predicted octanol–water partition coefficient (Wildman–Crippen LogP) is 0.830. The van der Waals surface area contributed by atoms with Gasteiger partial charge in [0.2, 0.25) is 0 Å². The summed E-state index contributed by atoms with van der Waals surface area (Å²) in [5.41, 5.74) is 0. The van der Waals surface area contributed by atoms with Crippen LogP contribution in [0.15, 0.2) is 0 Å². The lowest BCUT2D eigenvalue weighted by atomic mass is 11.2. The molecule has 0 saturated heterocycles. The molecular formula is CH2Cl2N2O2. The highest BCUT2D eigenvalue weighted by molar-refractivity contribution is 6.33. The Morgan fingerprint density at radius 3 is 2.14 bits per heavy atom. The third-order valence-corrected chi connectivity index (χ3v) is 0.436. The monoisotopic (exact) mass is 144 g/mol. The fourth-order valence-corrected chi connectivity index (χ4v) is 0.262. The van der Waals surface area contributed by atoms with E-state index in [1.165, 1.54) is 0 Å². The van der Waals surface area contributed by atoms with Crippen LogP contribution in [0.5, 0.6) is 0 Å². The van der Waals surface area contributed by atoms with Crippen LogP contribution >= 0.6 is 23.6 Å². The summed E-state index contributed by atoms with van der Waals surface area (Å²) in [5, 5.41) is 9.40. The first-order valence-corrected chi connectivity index (χ1v) is 2.01. The van der Waals surface area contributed by atoms with Gasteiger partial charge in [0.1, 0.15) is 0 Å². The number of nitrogens with zero attached hydrogens (tertiary/aromatic N) is 2. The van der Waals surface area contributed by atoms with Crippen molar-refractivity contribution in [2.45, 2.75) is 0 Å². The first kappa shape index (κ1) is 6.94. The van der Waals surface area contributed by atoms with Gasteiger partial charge in [0.15, 0.2) is 0 Å². The molecule has 0 fully saturated rings. The molecule has 0 aliphatic rings. The lowest BCUT2D eigenvalue weighted by molar-refractivity contribution is -0.492. The first-order valence-electron chi connectivity index (χ1n) is 1.34. The molecule has 0 N–H and O–H groups in total. The molecule has 0 aliphatic carbocycles. The molecule has 0 aromatic rings. The van der Waals surface area contributed by atoms with Crippen molar-refractivity contribution in [2.75, 3.05) is 6.67 Å². The summed E-state index contributed by atoms with van der Waals surface area (Å²) in [4.78, 5) is 8.77. The van der Waals surface area contributed by atoms with Crippen LogP contribution in [0.25, 0.3) is 0 Å². The van der Waals surface area contributed by atoms with E-state index in [-0.39, 0.29) is 0 Å². The lowest BCUT2D eigenvalue weighted by Gasteiger charge is -1.91. The first-order chi connectivity index (χ1) is 3.13. The average molecular weight is 145 g/mol. The zero-order valence-corrected chi connectivity index (χ0v) is 4.69. The minimum Gasteiger partial charge on any atom is -0.263 e. The van der Waals surface area contributed by atoms with Gasteiger partial charge in [-0.1, -0.05) is 3.94 Å². The highest BCUT2D eigenvalue weighted by Crippen LogP contribution is 1.95. The minimum atomic E-state index is -0.639. The second-order valence-corrected chi connectivity index (χ2v) is 1.77. The second-order valence-electron chi connectivity index (χ2n) is 0.777. The van der Waals surface area contributed by atoms with E-state index >= 15 is 0 Å². The smallest absolute Gasteiger partial charge is 0.263 e. The summed E-state index contributed by atoms with van der Waals surface area (Å²) in [7, 11) is 0. The predicted molar refractivity (Wildman–Crippen MR) is 25.4 cm³/mol. The molecule has 0 aromatic carbocycles. The lowest BCUT2D eigenvalue weighted by Crippen LogP contribution is -2.10. The molecule has 0 rings (SSSR count). The van der Waals surface area contributed by atoms with Crippen molar-refractivity contribution in [1.82, 2.24) is 3.94 Å². The molecule has 0 amide bonds. The van der Waals surface area contributed by atoms with Crippen LogP contribution in [0.3, 0.4) is 0 Å². The number of hydrogen-bond donors (Lipinski definition) is 0. The number of hydrogen-bond acceptors (Lipinski definition) is 3. The number of halogens is 2. The molecule has 0 bridgehead atoms. The molecular weight excluding hydrogens is 143 g/mol. The van der Waals surface area contributed by atoms with Crippen molar-refractivity contribution in [3.8, 4) is 0 Å². The highest BCUT2D eigenvalue weighted by Gasteiger charge is 2.00.